The van der Waals surface area contributed by atoms with Crippen LogP contribution >= 0.6 is 0 Å². The molecule has 1 saturated heterocycles. The quantitative estimate of drug-likeness (QED) is 0.130. The van der Waals surface area contributed by atoms with Crippen LogP contribution in [0.2, 0.25) is 0 Å². The van der Waals surface area contributed by atoms with Gasteiger partial charge in [-0.1, -0.05) is 35.5 Å². The van der Waals surface area contributed by atoms with Crippen molar-refractivity contribution in [1.82, 2.24) is 4.98 Å². The topological polar surface area (TPSA) is 146 Å². The molecule has 12 heteroatoms. The van der Waals surface area contributed by atoms with Crippen LogP contribution in [0.3, 0.4) is 0 Å². The van der Waals surface area contributed by atoms with Gasteiger partial charge in [-0.05, 0) is 42.0 Å². The fourth-order valence-electron chi connectivity index (χ4n) is 4.78. The summed E-state index contributed by atoms with van der Waals surface area (Å²) >= 11 is 0. The van der Waals surface area contributed by atoms with E-state index in [2.05, 4.69) is 10.1 Å². The molecule has 0 unspecified atom stereocenters. The number of oxazole rings is 1. The van der Waals surface area contributed by atoms with Crippen LogP contribution in [-0.2, 0) is 31.5 Å². The van der Waals surface area contributed by atoms with Gasteiger partial charge in [0.1, 0.15) is 23.7 Å². The number of hydrogen-bond acceptors (Lipinski definition) is 9. The maximum absolute atomic E-state index is 14.7. The number of hydrogen-bond donors (Lipinski definition) is 2. The highest BCUT2D eigenvalue weighted by Gasteiger charge is 2.35. The van der Waals surface area contributed by atoms with E-state index in [4.69, 9.17) is 23.8 Å². The maximum Gasteiger partial charge on any atom is 0.240 e. The molecule has 0 atom stereocenters. The monoisotopic (exact) mass is 581 g/mol. The normalized spacial score (nSPS) is 15.5. The van der Waals surface area contributed by atoms with Gasteiger partial charge in [0, 0.05) is 50.4 Å². The number of primary sulfonamides is 1. The van der Waals surface area contributed by atoms with E-state index in [0.717, 1.165) is 5.56 Å². The average Bonchev–Trinajstić information content (AvgIpc) is 3.40. The Labute approximate surface area is 236 Å². The van der Waals surface area contributed by atoms with Gasteiger partial charge in [-0.3, -0.25) is 0 Å². The molecule has 1 aromatic heterocycles. The van der Waals surface area contributed by atoms with Crippen LogP contribution in [0.25, 0.3) is 22.6 Å². The van der Waals surface area contributed by atoms with E-state index in [-0.39, 0.29) is 28.9 Å². The van der Waals surface area contributed by atoms with Gasteiger partial charge in [0.15, 0.2) is 5.76 Å². The zero-order valence-electron chi connectivity index (χ0n) is 22.1. The van der Waals surface area contributed by atoms with Gasteiger partial charge in [-0.15, -0.1) is 0 Å². The fraction of sp³-hybridized carbons (Fsp3) is 0.241. The van der Waals surface area contributed by atoms with E-state index in [1.54, 1.807) is 25.3 Å². The summed E-state index contributed by atoms with van der Waals surface area (Å²) in [6.07, 6.45) is 0.931. The number of methoxy groups -OCH3 is 1. The molecule has 0 saturated carbocycles. The highest BCUT2D eigenvalue weighted by molar-refractivity contribution is 7.89. The molecule has 3 aromatic carbocycles. The van der Waals surface area contributed by atoms with Crippen molar-refractivity contribution in [2.45, 2.75) is 29.8 Å². The molecule has 0 amide bonds. The number of oxime groups is 1. The molecule has 0 spiro atoms. The zero-order valence-corrected chi connectivity index (χ0v) is 22.9. The Morgan fingerprint density at radius 2 is 1.78 bits per heavy atom. The van der Waals surface area contributed by atoms with Crippen molar-refractivity contribution in [3.8, 4) is 28.3 Å². The second kappa shape index (κ2) is 11.8. The van der Waals surface area contributed by atoms with Crippen molar-refractivity contribution in [2.75, 3.05) is 20.3 Å². The van der Waals surface area contributed by atoms with E-state index >= 15 is 0 Å². The molecule has 1 aliphatic rings. The fourth-order valence-corrected chi connectivity index (χ4v) is 5.29. The minimum absolute atomic E-state index is 0.0455. The summed E-state index contributed by atoms with van der Waals surface area (Å²) in [7, 11) is -2.30. The molecule has 214 valence electrons. The van der Waals surface area contributed by atoms with Crippen molar-refractivity contribution in [3.05, 3.63) is 90.1 Å². The average molecular weight is 582 g/mol. The Balaban J connectivity index is 1.44. The minimum Gasteiger partial charge on any atom is -0.439 e. The van der Waals surface area contributed by atoms with E-state index in [1.165, 1.54) is 24.3 Å². The molecule has 1 aliphatic heterocycles. The Kier molecular flexibility index (Phi) is 8.18. The Bertz CT molecular complexity index is 1650. The molecule has 0 aliphatic carbocycles. The van der Waals surface area contributed by atoms with Gasteiger partial charge in [0.05, 0.1) is 10.5 Å². The van der Waals surface area contributed by atoms with Crippen LogP contribution in [0.1, 0.15) is 24.3 Å². The molecule has 0 bridgehead atoms. The summed E-state index contributed by atoms with van der Waals surface area (Å²) in [4.78, 5) is 4.56. The number of rotatable bonds is 8. The first-order valence-corrected chi connectivity index (χ1v) is 14.3. The van der Waals surface area contributed by atoms with Crippen molar-refractivity contribution >= 4 is 15.9 Å². The Hall–Kier alpha value is -4.10. The number of aromatic nitrogens is 1. The van der Waals surface area contributed by atoms with Crippen LogP contribution in [-0.4, -0.2) is 44.8 Å². The lowest BCUT2D eigenvalue weighted by atomic mass is 9.86. The number of halogens is 1. The van der Waals surface area contributed by atoms with Gasteiger partial charge in [0.25, 0.3) is 0 Å². The molecule has 0 radical (unpaired) electrons. The summed E-state index contributed by atoms with van der Waals surface area (Å²) in [5.74, 6) is -0.0950. The summed E-state index contributed by atoms with van der Waals surface area (Å²) in [6.45, 7) is 0.954. The maximum atomic E-state index is 14.7. The molecular weight excluding hydrogens is 553 g/mol. The van der Waals surface area contributed by atoms with E-state index in [0.29, 0.717) is 48.6 Å². The van der Waals surface area contributed by atoms with Crippen molar-refractivity contribution < 1.29 is 36.6 Å². The second-order valence-corrected chi connectivity index (χ2v) is 11.0. The lowest BCUT2D eigenvalue weighted by molar-refractivity contribution is -0.0949. The largest absolute Gasteiger partial charge is 0.439 e. The number of benzene rings is 3. The first-order chi connectivity index (χ1) is 19.7. The number of ether oxygens (including phenoxy) is 3. The second-order valence-electron chi connectivity index (χ2n) is 9.48. The molecular formula is C29H28FN3O7S. The van der Waals surface area contributed by atoms with Gasteiger partial charge >= 0.3 is 0 Å². The van der Waals surface area contributed by atoms with Crippen molar-refractivity contribution in [3.63, 3.8) is 0 Å². The third kappa shape index (κ3) is 6.30. The minimum atomic E-state index is -3.87. The van der Waals surface area contributed by atoms with E-state index < -0.39 is 21.4 Å². The van der Waals surface area contributed by atoms with Crippen molar-refractivity contribution in [2.24, 2.45) is 10.3 Å². The van der Waals surface area contributed by atoms with Gasteiger partial charge < -0.3 is 23.8 Å². The highest BCUT2D eigenvalue weighted by atomic mass is 32.2. The number of nitrogens with zero attached hydrogens (tertiary/aromatic N) is 2. The zero-order chi connectivity index (χ0) is 29.0. The molecule has 2 heterocycles. The predicted octanol–water partition coefficient (Wildman–Crippen LogP) is 4.86. The molecule has 1 fully saturated rings. The molecule has 41 heavy (non-hydrogen) atoms. The summed E-state index contributed by atoms with van der Waals surface area (Å²) in [5, 5.41) is 18.2. The first kappa shape index (κ1) is 28.4. The third-order valence-corrected chi connectivity index (χ3v) is 7.83. The summed E-state index contributed by atoms with van der Waals surface area (Å²) < 4.78 is 61.1. The smallest absolute Gasteiger partial charge is 0.240 e. The Morgan fingerprint density at radius 3 is 2.41 bits per heavy atom. The van der Waals surface area contributed by atoms with Crippen LogP contribution < -0.4 is 9.88 Å². The van der Waals surface area contributed by atoms with E-state index in [1.807, 2.05) is 30.3 Å². The standard InChI is InChI=1S/C29H28FN3O7S/c1-37-29(11-13-38-14-12-29)21-15-22(30)17-23(16-21)39-26(33-34)18-25-32-27(19-5-3-2-4-6-19)28(40-25)20-7-9-24(10-8-20)41(31,35)36/h2-10,15-17,34H,11-14,18H2,1H3,(H2,31,35,36)/b33-26+. The number of sulfonamides is 1. The first-order valence-electron chi connectivity index (χ1n) is 12.7. The highest BCUT2D eigenvalue weighted by Crippen LogP contribution is 2.38. The van der Waals surface area contributed by atoms with E-state index in [9.17, 15) is 18.0 Å². The summed E-state index contributed by atoms with van der Waals surface area (Å²) in [6, 6.07) is 19.3. The Morgan fingerprint density at radius 1 is 1.07 bits per heavy atom. The molecule has 3 N–H and O–H groups in total. The molecule has 4 aromatic rings. The lowest BCUT2D eigenvalue weighted by Gasteiger charge is -2.36. The molecule has 5 rings (SSSR count). The lowest BCUT2D eigenvalue weighted by Crippen LogP contribution is -2.35. The van der Waals surface area contributed by atoms with Crippen LogP contribution in [0.4, 0.5) is 4.39 Å². The predicted molar refractivity (Wildman–Crippen MR) is 147 cm³/mol. The van der Waals surface area contributed by atoms with Crippen LogP contribution in [0.5, 0.6) is 5.75 Å². The van der Waals surface area contributed by atoms with Crippen molar-refractivity contribution in [1.29, 1.82) is 0 Å². The van der Waals surface area contributed by atoms with Gasteiger partial charge in [0.2, 0.25) is 21.8 Å². The number of nitrogens with two attached hydrogens (primary N) is 1. The van der Waals surface area contributed by atoms with Crippen LogP contribution in [0, 0.1) is 5.82 Å². The summed E-state index contributed by atoms with van der Waals surface area (Å²) in [5.41, 5.74) is 1.64. The van der Waals surface area contributed by atoms with Gasteiger partial charge in [-0.2, -0.15) is 0 Å². The SMILES string of the molecule is COC1(c2cc(F)cc(O/C(Cc3nc(-c4ccccc4)c(-c4ccc(S(N)(=O)=O)cc4)o3)=N/O)c2)CCOCC1. The molecule has 10 nitrogen and oxygen atoms in total. The van der Waals surface area contributed by atoms with Crippen LogP contribution in [0.15, 0.2) is 87.3 Å². The third-order valence-electron chi connectivity index (χ3n) is 6.90. The van der Waals surface area contributed by atoms with Gasteiger partial charge in [-0.25, -0.2) is 22.9 Å².